The van der Waals surface area contributed by atoms with E-state index in [1.54, 1.807) is 0 Å². The van der Waals surface area contributed by atoms with Gasteiger partial charge in [0.05, 0.1) is 0 Å². The number of hydrogen-bond acceptors (Lipinski definition) is 1. The van der Waals surface area contributed by atoms with Crippen LogP contribution in [-0.2, 0) is 0 Å². The Bertz CT molecular complexity index is 69.9. The van der Waals surface area contributed by atoms with Crippen LogP contribution in [0.4, 0.5) is 4.39 Å². The molecule has 1 aliphatic rings. The van der Waals surface area contributed by atoms with Crippen molar-refractivity contribution in [2.75, 3.05) is 20.1 Å². The molecule has 0 unspecified atom stereocenters. The van der Waals surface area contributed by atoms with Gasteiger partial charge in [-0.15, -0.1) is 0 Å². The maximum Gasteiger partial charge on any atom is 0.113 e. The molecule has 1 nitrogen and oxygen atoms in total. The van der Waals surface area contributed by atoms with Gasteiger partial charge in [-0.1, -0.05) is 6.92 Å². The van der Waals surface area contributed by atoms with Gasteiger partial charge < -0.3 is 4.90 Å². The second-order valence-corrected chi connectivity index (χ2v) is 3.16. The molecule has 0 spiro atoms. The molecular formula is C7H14FN. The number of rotatable bonds is 0. The van der Waals surface area contributed by atoms with Crippen molar-refractivity contribution in [2.24, 2.45) is 5.92 Å². The number of alkyl halides is 1. The molecule has 1 rings (SSSR count). The summed E-state index contributed by atoms with van der Waals surface area (Å²) in [4.78, 5) is 2.05. The molecule has 1 heterocycles. The van der Waals surface area contributed by atoms with Crippen molar-refractivity contribution in [3.8, 4) is 0 Å². The molecule has 0 aromatic carbocycles. The molecule has 1 aliphatic heterocycles. The summed E-state index contributed by atoms with van der Waals surface area (Å²) in [5.41, 5.74) is 0. The van der Waals surface area contributed by atoms with Crippen LogP contribution >= 0.6 is 0 Å². The Morgan fingerprint density at radius 3 is 2.56 bits per heavy atom. The summed E-state index contributed by atoms with van der Waals surface area (Å²) >= 11 is 0. The number of hydrogen-bond donors (Lipinski definition) is 0. The Morgan fingerprint density at radius 1 is 1.44 bits per heavy atom. The highest BCUT2D eigenvalue weighted by atomic mass is 19.1. The smallest absolute Gasteiger partial charge is 0.113 e. The molecule has 0 radical (unpaired) electrons. The van der Waals surface area contributed by atoms with Crippen LogP contribution in [0.5, 0.6) is 0 Å². The third-order valence-corrected chi connectivity index (χ3v) is 1.79. The van der Waals surface area contributed by atoms with Crippen molar-refractivity contribution in [2.45, 2.75) is 19.5 Å². The molecule has 0 aliphatic carbocycles. The number of nitrogens with zero attached hydrogens (tertiary/aromatic N) is 1. The van der Waals surface area contributed by atoms with Gasteiger partial charge >= 0.3 is 0 Å². The lowest BCUT2D eigenvalue weighted by atomic mass is 10.00. The maximum absolute atomic E-state index is 12.6. The third kappa shape index (κ3) is 1.94. The second-order valence-electron chi connectivity index (χ2n) is 3.16. The second kappa shape index (κ2) is 2.65. The van der Waals surface area contributed by atoms with Crippen molar-refractivity contribution in [1.29, 1.82) is 0 Å². The zero-order valence-corrected chi connectivity index (χ0v) is 6.10. The van der Waals surface area contributed by atoms with E-state index in [-0.39, 0.29) is 0 Å². The van der Waals surface area contributed by atoms with Crippen molar-refractivity contribution >= 4 is 0 Å². The van der Waals surface area contributed by atoms with Gasteiger partial charge in [0.15, 0.2) is 0 Å². The van der Waals surface area contributed by atoms with E-state index in [4.69, 9.17) is 0 Å². The summed E-state index contributed by atoms with van der Waals surface area (Å²) in [6.07, 6.45) is 0.170. The molecule has 0 amide bonds. The van der Waals surface area contributed by atoms with Crippen molar-refractivity contribution in [3.63, 3.8) is 0 Å². The predicted molar refractivity (Wildman–Crippen MR) is 36.2 cm³/mol. The summed E-state index contributed by atoms with van der Waals surface area (Å²) in [5.74, 6) is 0.541. The average molecular weight is 131 g/mol. The first-order chi connectivity index (χ1) is 4.18. The van der Waals surface area contributed by atoms with Crippen LogP contribution in [0.2, 0.25) is 0 Å². The van der Waals surface area contributed by atoms with Gasteiger partial charge in [-0.2, -0.15) is 0 Å². The van der Waals surface area contributed by atoms with Gasteiger partial charge in [-0.05, 0) is 19.4 Å². The summed E-state index contributed by atoms with van der Waals surface area (Å²) < 4.78 is 12.6. The number of halogens is 1. The molecular weight excluding hydrogens is 117 g/mol. The molecule has 1 saturated heterocycles. The quantitative estimate of drug-likeness (QED) is 0.479. The average Bonchev–Trinajstić information content (AvgIpc) is 1.59. The standard InChI is InChI=1S/C7H14FN/c1-6-3-7(8)5-9(2)4-6/h6-7H,3-5H2,1-2H3/t6-,7-/m1/s1. The van der Waals surface area contributed by atoms with E-state index in [0.29, 0.717) is 12.5 Å². The Kier molecular flexibility index (Phi) is 2.06. The van der Waals surface area contributed by atoms with E-state index in [9.17, 15) is 4.39 Å². The SMILES string of the molecule is C[C@@H]1C[C@@H](F)CN(C)C1. The first-order valence-corrected chi connectivity index (χ1v) is 3.51. The van der Waals surface area contributed by atoms with E-state index >= 15 is 0 Å². The van der Waals surface area contributed by atoms with Crippen LogP contribution in [0.15, 0.2) is 0 Å². The number of piperidine rings is 1. The predicted octanol–water partition coefficient (Wildman–Crippen LogP) is 1.30. The Balaban J connectivity index is 2.34. The molecule has 0 aromatic heterocycles. The van der Waals surface area contributed by atoms with Gasteiger partial charge in [0, 0.05) is 13.1 Å². The van der Waals surface area contributed by atoms with Gasteiger partial charge in [-0.25, -0.2) is 4.39 Å². The van der Waals surface area contributed by atoms with Gasteiger partial charge in [0.25, 0.3) is 0 Å². The van der Waals surface area contributed by atoms with Crippen molar-refractivity contribution < 1.29 is 4.39 Å². The van der Waals surface area contributed by atoms with Crippen LogP contribution in [-0.4, -0.2) is 31.2 Å². The molecule has 2 heteroatoms. The minimum atomic E-state index is -0.584. The fourth-order valence-corrected chi connectivity index (χ4v) is 1.53. The Morgan fingerprint density at radius 2 is 2.11 bits per heavy atom. The minimum Gasteiger partial charge on any atom is -0.303 e. The zero-order chi connectivity index (χ0) is 6.85. The molecule has 9 heavy (non-hydrogen) atoms. The Labute approximate surface area is 55.8 Å². The zero-order valence-electron chi connectivity index (χ0n) is 6.10. The van der Waals surface area contributed by atoms with E-state index in [0.717, 1.165) is 13.0 Å². The molecule has 0 bridgehead atoms. The van der Waals surface area contributed by atoms with Gasteiger partial charge in [-0.3, -0.25) is 0 Å². The highest BCUT2D eigenvalue weighted by Crippen LogP contribution is 2.16. The molecule has 0 saturated carbocycles. The van der Waals surface area contributed by atoms with Gasteiger partial charge in [0.2, 0.25) is 0 Å². The largest absolute Gasteiger partial charge is 0.303 e. The van der Waals surface area contributed by atoms with Crippen LogP contribution in [0.1, 0.15) is 13.3 Å². The molecule has 54 valence electrons. The highest BCUT2D eigenvalue weighted by Gasteiger charge is 2.20. The summed E-state index contributed by atoms with van der Waals surface area (Å²) in [5, 5.41) is 0. The van der Waals surface area contributed by atoms with Gasteiger partial charge in [0.1, 0.15) is 6.17 Å². The molecule has 2 atom stereocenters. The van der Waals surface area contributed by atoms with Crippen LogP contribution in [0, 0.1) is 5.92 Å². The topological polar surface area (TPSA) is 3.24 Å². The fourth-order valence-electron chi connectivity index (χ4n) is 1.53. The third-order valence-electron chi connectivity index (χ3n) is 1.79. The number of likely N-dealkylation sites (tertiary alicyclic amines) is 1. The fraction of sp³-hybridized carbons (Fsp3) is 1.00. The van der Waals surface area contributed by atoms with Crippen LogP contribution in [0.25, 0.3) is 0 Å². The van der Waals surface area contributed by atoms with E-state index in [1.807, 2.05) is 7.05 Å². The lowest BCUT2D eigenvalue weighted by Crippen LogP contribution is -2.37. The monoisotopic (exact) mass is 131 g/mol. The minimum absolute atomic E-state index is 0.541. The molecule has 0 N–H and O–H groups in total. The summed E-state index contributed by atoms with van der Waals surface area (Å²) in [6, 6.07) is 0. The first-order valence-electron chi connectivity index (χ1n) is 3.51. The molecule has 1 fully saturated rings. The Hall–Kier alpha value is -0.110. The first kappa shape index (κ1) is 7.00. The lowest BCUT2D eigenvalue weighted by molar-refractivity contribution is 0.125. The summed E-state index contributed by atoms with van der Waals surface area (Å²) in [7, 11) is 1.97. The summed E-state index contributed by atoms with van der Waals surface area (Å²) in [6.45, 7) is 3.78. The molecule has 0 aromatic rings. The van der Waals surface area contributed by atoms with E-state index in [2.05, 4.69) is 11.8 Å². The van der Waals surface area contributed by atoms with Crippen molar-refractivity contribution in [3.05, 3.63) is 0 Å². The lowest BCUT2D eigenvalue weighted by Gasteiger charge is -2.29. The maximum atomic E-state index is 12.6. The normalized spacial score (nSPS) is 39.0. The van der Waals surface area contributed by atoms with E-state index < -0.39 is 6.17 Å². The van der Waals surface area contributed by atoms with Crippen LogP contribution in [0.3, 0.4) is 0 Å². The highest BCUT2D eigenvalue weighted by molar-refractivity contribution is 4.73. The van der Waals surface area contributed by atoms with Crippen LogP contribution < -0.4 is 0 Å². The van der Waals surface area contributed by atoms with E-state index in [1.165, 1.54) is 0 Å². The van der Waals surface area contributed by atoms with Crippen molar-refractivity contribution in [1.82, 2.24) is 4.90 Å².